The average Bonchev–Trinajstić information content (AvgIpc) is 2.88. The number of hydrogen-bond donors (Lipinski definition) is 2. The van der Waals surface area contributed by atoms with Crippen molar-refractivity contribution in [3.05, 3.63) is 28.0 Å². The Balaban J connectivity index is 1.91. The fourth-order valence-electron chi connectivity index (χ4n) is 2.58. The van der Waals surface area contributed by atoms with Gasteiger partial charge >= 0.3 is 5.97 Å². The zero-order valence-corrected chi connectivity index (χ0v) is 12.8. The largest absolute Gasteiger partial charge is 0.478 e. The average molecular weight is 307 g/mol. The predicted octanol–water partition coefficient (Wildman–Crippen LogP) is 3.69. The van der Waals surface area contributed by atoms with Gasteiger partial charge in [-0.3, -0.25) is 4.79 Å². The van der Waals surface area contributed by atoms with Crippen molar-refractivity contribution in [3.8, 4) is 0 Å². The molecule has 1 amide bonds. The molecule has 0 aromatic carbocycles. The molecule has 5 heteroatoms. The Labute approximate surface area is 128 Å². The predicted molar refractivity (Wildman–Crippen MR) is 84.6 cm³/mol. The first kappa shape index (κ1) is 15.8. The summed E-state index contributed by atoms with van der Waals surface area (Å²) < 4.78 is 0. The summed E-state index contributed by atoms with van der Waals surface area (Å²) in [7, 11) is 0. The normalized spacial score (nSPS) is 17.3. The Morgan fingerprint density at radius 3 is 2.52 bits per heavy atom. The molecule has 0 radical (unpaired) electrons. The van der Waals surface area contributed by atoms with Gasteiger partial charge in [0, 0.05) is 22.4 Å². The van der Waals surface area contributed by atoms with Crippen molar-refractivity contribution in [2.75, 3.05) is 0 Å². The van der Waals surface area contributed by atoms with Gasteiger partial charge in [0.25, 0.3) is 5.91 Å². The molecule has 0 spiro atoms. The van der Waals surface area contributed by atoms with E-state index in [-0.39, 0.29) is 11.9 Å². The molecular weight excluding hydrogens is 286 g/mol. The van der Waals surface area contributed by atoms with E-state index in [1.54, 1.807) is 11.4 Å². The van der Waals surface area contributed by atoms with E-state index in [1.165, 1.54) is 49.5 Å². The van der Waals surface area contributed by atoms with Crippen molar-refractivity contribution in [2.24, 2.45) is 0 Å². The minimum Gasteiger partial charge on any atom is -0.478 e. The summed E-state index contributed by atoms with van der Waals surface area (Å²) in [5.41, 5.74) is 0.618. The fraction of sp³-hybridized carbons (Fsp3) is 0.500. The third-order valence-electron chi connectivity index (χ3n) is 3.71. The molecule has 1 aromatic heterocycles. The summed E-state index contributed by atoms with van der Waals surface area (Å²) in [6.45, 7) is 0. The standard InChI is InChI=1S/C16H21NO3S/c18-15(19)9-8-14-10-12(11-21-14)16(20)17-13-6-4-2-1-3-5-7-13/h8-11,13H,1-7H2,(H,17,20)(H,18,19). The molecule has 2 rings (SSSR count). The van der Waals surface area contributed by atoms with E-state index in [4.69, 9.17) is 5.11 Å². The lowest BCUT2D eigenvalue weighted by molar-refractivity contribution is -0.131. The van der Waals surface area contributed by atoms with Crippen LogP contribution in [0, 0.1) is 0 Å². The lowest BCUT2D eigenvalue weighted by Gasteiger charge is -2.20. The number of carboxylic acid groups (broad SMARTS) is 1. The summed E-state index contributed by atoms with van der Waals surface area (Å²) in [6, 6.07) is 2.01. The quantitative estimate of drug-likeness (QED) is 0.834. The van der Waals surface area contributed by atoms with E-state index in [0.29, 0.717) is 5.56 Å². The Morgan fingerprint density at radius 2 is 1.86 bits per heavy atom. The van der Waals surface area contributed by atoms with Gasteiger partial charge in [0.1, 0.15) is 0 Å². The summed E-state index contributed by atoms with van der Waals surface area (Å²) in [6.07, 6.45) is 10.9. The number of aliphatic carboxylic acids is 1. The Morgan fingerprint density at radius 1 is 1.19 bits per heavy atom. The number of carbonyl (C=O) groups is 2. The molecule has 0 bridgehead atoms. The highest BCUT2D eigenvalue weighted by Crippen LogP contribution is 2.19. The second-order valence-corrected chi connectivity index (χ2v) is 6.37. The number of rotatable bonds is 4. The van der Waals surface area contributed by atoms with E-state index in [2.05, 4.69) is 5.32 Å². The van der Waals surface area contributed by atoms with Crippen LogP contribution >= 0.6 is 11.3 Å². The molecule has 0 unspecified atom stereocenters. The number of carboxylic acids is 1. The Hall–Kier alpha value is -1.62. The number of amides is 1. The molecule has 1 aliphatic rings. The van der Waals surface area contributed by atoms with Crippen molar-refractivity contribution >= 4 is 29.3 Å². The Kier molecular flexibility index (Phi) is 5.99. The maximum atomic E-state index is 12.2. The monoisotopic (exact) mass is 307 g/mol. The van der Waals surface area contributed by atoms with Crippen molar-refractivity contribution in [2.45, 2.75) is 51.0 Å². The molecule has 2 N–H and O–H groups in total. The molecule has 0 atom stereocenters. The summed E-state index contributed by atoms with van der Waals surface area (Å²) in [5.74, 6) is -1.03. The zero-order valence-electron chi connectivity index (χ0n) is 12.0. The number of thiophene rings is 1. The highest BCUT2D eigenvalue weighted by molar-refractivity contribution is 7.11. The van der Waals surface area contributed by atoms with Crippen LogP contribution in [0.2, 0.25) is 0 Å². The summed E-state index contributed by atoms with van der Waals surface area (Å²) in [5, 5.41) is 13.5. The molecule has 1 aliphatic carbocycles. The first-order valence-corrected chi connectivity index (χ1v) is 8.33. The van der Waals surface area contributed by atoms with Gasteiger partial charge in [-0.1, -0.05) is 32.1 Å². The molecule has 1 heterocycles. The van der Waals surface area contributed by atoms with Crippen LogP contribution in [0.4, 0.5) is 0 Å². The molecule has 114 valence electrons. The summed E-state index contributed by atoms with van der Waals surface area (Å²) in [4.78, 5) is 23.5. The van der Waals surface area contributed by atoms with E-state index < -0.39 is 5.97 Å². The van der Waals surface area contributed by atoms with Gasteiger partial charge in [0.15, 0.2) is 0 Å². The third kappa shape index (κ3) is 5.34. The van der Waals surface area contributed by atoms with Crippen LogP contribution in [-0.4, -0.2) is 23.0 Å². The highest BCUT2D eigenvalue weighted by atomic mass is 32.1. The molecule has 0 saturated heterocycles. The third-order valence-corrected chi connectivity index (χ3v) is 4.61. The van der Waals surface area contributed by atoms with Crippen molar-refractivity contribution in [3.63, 3.8) is 0 Å². The lowest BCUT2D eigenvalue weighted by atomic mass is 9.96. The van der Waals surface area contributed by atoms with Crippen molar-refractivity contribution in [1.82, 2.24) is 5.32 Å². The van der Waals surface area contributed by atoms with E-state index in [1.807, 2.05) is 0 Å². The number of nitrogens with one attached hydrogen (secondary N) is 1. The molecule has 1 fully saturated rings. The maximum absolute atomic E-state index is 12.2. The molecule has 1 saturated carbocycles. The minimum absolute atomic E-state index is 0.0493. The minimum atomic E-state index is -0.982. The highest BCUT2D eigenvalue weighted by Gasteiger charge is 2.15. The van der Waals surface area contributed by atoms with Gasteiger partial charge in [0.05, 0.1) is 5.56 Å². The van der Waals surface area contributed by atoms with Crippen molar-refractivity contribution in [1.29, 1.82) is 0 Å². The van der Waals surface area contributed by atoms with Gasteiger partial charge in [-0.05, 0) is 25.0 Å². The second-order valence-electron chi connectivity index (χ2n) is 5.42. The molecule has 21 heavy (non-hydrogen) atoms. The van der Waals surface area contributed by atoms with Crippen LogP contribution in [0.5, 0.6) is 0 Å². The lowest BCUT2D eigenvalue weighted by Crippen LogP contribution is -2.35. The van der Waals surface area contributed by atoms with E-state index in [9.17, 15) is 9.59 Å². The maximum Gasteiger partial charge on any atom is 0.328 e. The van der Waals surface area contributed by atoms with Crippen LogP contribution in [0.1, 0.15) is 60.2 Å². The Bertz CT molecular complexity index is 513. The molecule has 4 nitrogen and oxygen atoms in total. The van der Waals surface area contributed by atoms with Crippen molar-refractivity contribution < 1.29 is 14.7 Å². The van der Waals surface area contributed by atoms with Gasteiger partial charge in [-0.2, -0.15) is 0 Å². The van der Waals surface area contributed by atoms with Crippen LogP contribution in [0.25, 0.3) is 6.08 Å². The van der Waals surface area contributed by atoms with Gasteiger partial charge in [0.2, 0.25) is 0 Å². The van der Waals surface area contributed by atoms with E-state index in [0.717, 1.165) is 23.8 Å². The van der Waals surface area contributed by atoms with Gasteiger partial charge in [-0.25, -0.2) is 4.79 Å². The zero-order chi connectivity index (χ0) is 15.1. The second kappa shape index (κ2) is 7.98. The molecule has 0 aliphatic heterocycles. The van der Waals surface area contributed by atoms with E-state index >= 15 is 0 Å². The summed E-state index contributed by atoms with van der Waals surface area (Å²) >= 11 is 1.38. The van der Waals surface area contributed by atoms with Crippen LogP contribution in [0.3, 0.4) is 0 Å². The number of carbonyl (C=O) groups excluding carboxylic acids is 1. The molecular formula is C16H21NO3S. The van der Waals surface area contributed by atoms with Crippen LogP contribution in [-0.2, 0) is 4.79 Å². The smallest absolute Gasteiger partial charge is 0.328 e. The van der Waals surface area contributed by atoms with Crippen LogP contribution < -0.4 is 5.32 Å². The fourth-order valence-corrected chi connectivity index (χ4v) is 3.36. The SMILES string of the molecule is O=C(O)C=Cc1cc(C(=O)NC2CCCCCCC2)cs1. The van der Waals surface area contributed by atoms with Crippen LogP contribution in [0.15, 0.2) is 17.5 Å². The first-order chi connectivity index (χ1) is 10.1. The topological polar surface area (TPSA) is 66.4 Å². The first-order valence-electron chi connectivity index (χ1n) is 7.45. The van der Waals surface area contributed by atoms with Gasteiger partial charge < -0.3 is 10.4 Å². The van der Waals surface area contributed by atoms with Gasteiger partial charge in [-0.15, -0.1) is 11.3 Å². The molecule has 1 aromatic rings. The number of hydrogen-bond acceptors (Lipinski definition) is 3.